The van der Waals surface area contributed by atoms with Crippen LogP contribution in [-0.4, -0.2) is 32.2 Å². The van der Waals surface area contributed by atoms with Gasteiger partial charge in [0.2, 0.25) is 0 Å². The van der Waals surface area contributed by atoms with Gasteiger partial charge in [-0.05, 0) is 56.7 Å². The molecule has 0 atom stereocenters. The zero-order chi connectivity index (χ0) is 17.5. The van der Waals surface area contributed by atoms with Crippen LogP contribution in [0.4, 0.5) is 0 Å². The average Bonchev–Trinajstić information content (AvgIpc) is 2.72. The molecule has 24 heavy (non-hydrogen) atoms. The van der Waals surface area contributed by atoms with Gasteiger partial charge < -0.3 is 18.8 Å². The Morgan fingerprint density at radius 2 is 1.75 bits per heavy atom. The van der Waals surface area contributed by atoms with E-state index in [1.807, 2.05) is 58.0 Å². The highest BCUT2D eigenvalue weighted by molar-refractivity contribution is 6.66. The van der Waals surface area contributed by atoms with Crippen molar-refractivity contribution in [3.63, 3.8) is 0 Å². The van der Waals surface area contributed by atoms with Crippen LogP contribution in [0.5, 0.6) is 5.75 Å². The number of fused-ring (bicyclic) bond motifs is 1. The number of ether oxygens (including phenoxy) is 2. The van der Waals surface area contributed by atoms with Crippen molar-refractivity contribution in [3.8, 4) is 5.75 Å². The molecule has 128 valence electrons. The van der Waals surface area contributed by atoms with E-state index in [1.54, 1.807) is 7.11 Å². The normalized spacial score (nSPS) is 19.0. The Kier molecular flexibility index (Phi) is 4.56. The molecule has 1 aliphatic heterocycles. The summed E-state index contributed by atoms with van der Waals surface area (Å²) in [7, 11) is 1.08. The fraction of sp³-hybridized carbons (Fsp3) is 0.444. The summed E-state index contributed by atoms with van der Waals surface area (Å²) in [6.07, 6.45) is 0. The first-order chi connectivity index (χ1) is 11.2. The van der Waals surface area contributed by atoms with Crippen molar-refractivity contribution < 1.29 is 18.8 Å². The molecule has 4 nitrogen and oxygen atoms in total. The Bertz CT molecular complexity index is 744. The van der Waals surface area contributed by atoms with Crippen molar-refractivity contribution in [1.29, 1.82) is 0 Å². The van der Waals surface area contributed by atoms with Gasteiger partial charge in [0.05, 0.1) is 11.2 Å². The van der Waals surface area contributed by atoms with Gasteiger partial charge in [-0.3, -0.25) is 0 Å². The molecule has 0 unspecified atom stereocenters. The predicted molar refractivity (Wildman–Crippen MR) is 97.2 cm³/mol. The highest BCUT2D eigenvalue weighted by Crippen LogP contribution is 2.38. The SMILES string of the molecule is COCOc1cc(B2OC(C)(C)C(C)(C)O2)c2c(Cl)cccc2c1. The number of hydrogen-bond acceptors (Lipinski definition) is 4. The molecule has 6 heteroatoms. The lowest BCUT2D eigenvalue weighted by molar-refractivity contribution is 0.00578. The number of rotatable bonds is 4. The van der Waals surface area contributed by atoms with E-state index in [0.717, 1.165) is 16.2 Å². The van der Waals surface area contributed by atoms with Crippen molar-refractivity contribution in [2.75, 3.05) is 13.9 Å². The van der Waals surface area contributed by atoms with Gasteiger partial charge in [-0.15, -0.1) is 0 Å². The third kappa shape index (κ3) is 3.02. The molecule has 0 saturated carbocycles. The second kappa shape index (κ2) is 6.23. The van der Waals surface area contributed by atoms with E-state index < -0.39 is 18.3 Å². The van der Waals surface area contributed by atoms with Crippen LogP contribution in [0, 0.1) is 0 Å². The monoisotopic (exact) mass is 348 g/mol. The molecule has 2 aromatic rings. The molecule has 0 aliphatic carbocycles. The number of methoxy groups -OCH3 is 1. The van der Waals surface area contributed by atoms with Crippen molar-refractivity contribution in [1.82, 2.24) is 0 Å². The van der Waals surface area contributed by atoms with Crippen LogP contribution in [-0.2, 0) is 14.0 Å². The summed E-state index contributed by atoms with van der Waals surface area (Å²) in [4.78, 5) is 0. The minimum absolute atomic E-state index is 0.175. The standard InChI is InChI=1S/C18H22BClO4/c1-17(2)18(3,4)24-19(23-17)14-10-13(22-11-21-5)9-12-7-6-8-15(20)16(12)14/h6-10H,11H2,1-5H3. The van der Waals surface area contributed by atoms with E-state index in [0.29, 0.717) is 10.8 Å². The largest absolute Gasteiger partial charge is 0.495 e. The maximum atomic E-state index is 6.46. The summed E-state index contributed by atoms with van der Waals surface area (Å²) >= 11 is 6.46. The van der Waals surface area contributed by atoms with Gasteiger partial charge in [0.25, 0.3) is 0 Å². The molecule has 1 fully saturated rings. The second-order valence-electron chi connectivity index (χ2n) is 6.99. The van der Waals surface area contributed by atoms with Crippen LogP contribution < -0.4 is 10.2 Å². The van der Waals surface area contributed by atoms with Gasteiger partial charge in [0.15, 0.2) is 6.79 Å². The lowest BCUT2D eigenvalue weighted by atomic mass is 9.76. The van der Waals surface area contributed by atoms with Crippen LogP contribution in [0.3, 0.4) is 0 Å². The molecule has 0 N–H and O–H groups in total. The van der Waals surface area contributed by atoms with Gasteiger partial charge in [-0.2, -0.15) is 0 Å². The third-order valence-corrected chi connectivity index (χ3v) is 5.10. The molecule has 1 saturated heterocycles. The fourth-order valence-electron chi connectivity index (χ4n) is 2.75. The maximum absolute atomic E-state index is 6.46. The molecule has 2 aromatic carbocycles. The Balaban J connectivity index is 2.12. The zero-order valence-corrected chi connectivity index (χ0v) is 15.4. The number of halogens is 1. The summed E-state index contributed by atoms with van der Waals surface area (Å²) in [5, 5.41) is 2.55. The van der Waals surface area contributed by atoms with Crippen molar-refractivity contribution in [2.24, 2.45) is 0 Å². The van der Waals surface area contributed by atoms with Crippen LogP contribution in [0.1, 0.15) is 27.7 Å². The number of benzene rings is 2. The van der Waals surface area contributed by atoms with Crippen LogP contribution in [0.25, 0.3) is 10.8 Å². The van der Waals surface area contributed by atoms with Gasteiger partial charge in [0, 0.05) is 17.5 Å². The van der Waals surface area contributed by atoms with Crippen molar-refractivity contribution in [2.45, 2.75) is 38.9 Å². The van der Waals surface area contributed by atoms with E-state index in [2.05, 4.69) is 0 Å². The first-order valence-corrected chi connectivity index (χ1v) is 8.32. The molecule has 1 heterocycles. The molecular weight excluding hydrogens is 326 g/mol. The molecule has 3 rings (SSSR count). The lowest BCUT2D eigenvalue weighted by Gasteiger charge is -2.32. The Morgan fingerprint density at radius 1 is 1.08 bits per heavy atom. The highest BCUT2D eigenvalue weighted by Gasteiger charge is 2.52. The predicted octanol–water partition coefficient (Wildman–Crippen LogP) is 3.78. The highest BCUT2D eigenvalue weighted by atomic mass is 35.5. The van der Waals surface area contributed by atoms with Crippen LogP contribution >= 0.6 is 11.6 Å². The summed E-state index contributed by atoms with van der Waals surface area (Å²) in [6, 6.07) is 9.63. The second-order valence-corrected chi connectivity index (χ2v) is 7.40. The topological polar surface area (TPSA) is 36.9 Å². The molecule has 0 amide bonds. The first kappa shape index (κ1) is 17.6. The van der Waals surface area contributed by atoms with E-state index in [1.165, 1.54) is 0 Å². The van der Waals surface area contributed by atoms with Gasteiger partial charge in [0.1, 0.15) is 5.75 Å². The smallest absolute Gasteiger partial charge is 0.468 e. The van der Waals surface area contributed by atoms with Crippen LogP contribution in [0.2, 0.25) is 5.02 Å². The minimum atomic E-state index is -0.511. The summed E-state index contributed by atoms with van der Waals surface area (Å²) in [5.74, 6) is 0.691. The molecule has 1 aliphatic rings. The van der Waals surface area contributed by atoms with Crippen LogP contribution in [0.15, 0.2) is 30.3 Å². The van der Waals surface area contributed by atoms with E-state index in [4.69, 9.17) is 30.4 Å². The van der Waals surface area contributed by atoms with E-state index in [-0.39, 0.29) is 6.79 Å². The molecule has 0 spiro atoms. The average molecular weight is 349 g/mol. The molecular formula is C18H22BClO4. The first-order valence-electron chi connectivity index (χ1n) is 7.95. The quantitative estimate of drug-likeness (QED) is 0.622. The van der Waals surface area contributed by atoms with E-state index >= 15 is 0 Å². The summed E-state index contributed by atoms with van der Waals surface area (Å²) in [5.41, 5.74) is 0.0198. The number of hydrogen-bond donors (Lipinski definition) is 0. The van der Waals surface area contributed by atoms with Gasteiger partial charge >= 0.3 is 7.12 Å². The Hall–Kier alpha value is -1.27. The minimum Gasteiger partial charge on any atom is -0.468 e. The zero-order valence-electron chi connectivity index (χ0n) is 14.7. The fourth-order valence-corrected chi connectivity index (χ4v) is 3.04. The van der Waals surface area contributed by atoms with Crippen molar-refractivity contribution in [3.05, 3.63) is 35.4 Å². The van der Waals surface area contributed by atoms with E-state index in [9.17, 15) is 0 Å². The Labute approximate surface area is 148 Å². The molecule has 0 bridgehead atoms. The molecule has 0 radical (unpaired) electrons. The summed E-state index contributed by atoms with van der Waals surface area (Å²) in [6.45, 7) is 8.29. The lowest BCUT2D eigenvalue weighted by Crippen LogP contribution is -2.41. The van der Waals surface area contributed by atoms with Crippen molar-refractivity contribution >= 4 is 35.0 Å². The van der Waals surface area contributed by atoms with Gasteiger partial charge in [-0.1, -0.05) is 23.7 Å². The maximum Gasteiger partial charge on any atom is 0.495 e. The third-order valence-electron chi connectivity index (χ3n) is 4.78. The molecule has 0 aromatic heterocycles. The van der Waals surface area contributed by atoms with Gasteiger partial charge in [-0.25, -0.2) is 0 Å². The Morgan fingerprint density at radius 3 is 2.38 bits per heavy atom. The summed E-state index contributed by atoms with van der Waals surface area (Å²) < 4.78 is 23.0.